The number of carbonyl (C=O) groups excluding carboxylic acids is 1. The third-order valence-corrected chi connectivity index (χ3v) is 4.66. The molecule has 5 heteroatoms. The van der Waals surface area contributed by atoms with Crippen molar-refractivity contribution >= 4 is 34.0 Å². The van der Waals surface area contributed by atoms with E-state index in [9.17, 15) is 4.79 Å². The molecule has 27 heavy (non-hydrogen) atoms. The van der Waals surface area contributed by atoms with Gasteiger partial charge in [-0.1, -0.05) is 41.9 Å². The Labute approximate surface area is 161 Å². The van der Waals surface area contributed by atoms with Gasteiger partial charge < -0.3 is 14.8 Å². The van der Waals surface area contributed by atoms with E-state index in [-0.39, 0.29) is 12.5 Å². The fourth-order valence-electron chi connectivity index (χ4n) is 2.92. The highest BCUT2D eigenvalue weighted by molar-refractivity contribution is 6.34. The molecule has 0 aliphatic carbocycles. The third-order valence-electron chi connectivity index (χ3n) is 4.33. The fraction of sp³-hybridized carbons (Fsp3) is 0.0455. The maximum atomic E-state index is 12.7. The summed E-state index contributed by atoms with van der Waals surface area (Å²) in [5, 5.41) is 14.5. The van der Waals surface area contributed by atoms with Gasteiger partial charge in [-0.05, 0) is 53.2 Å². The molecule has 0 atom stereocenters. The molecule has 0 unspecified atom stereocenters. The van der Waals surface area contributed by atoms with E-state index in [4.69, 9.17) is 21.1 Å². The number of rotatable bonds is 4. The van der Waals surface area contributed by atoms with Gasteiger partial charge in [0.25, 0.3) is 5.91 Å². The Morgan fingerprint density at radius 2 is 1.78 bits per heavy atom. The molecule has 1 amide bonds. The first-order valence-electron chi connectivity index (χ1n) is 8.44. The quantitative estimate of drug-likeness (QED) is 0.493. The molecular formula is C22H16ClNO3. The number of hydrogen-bond donors (Lipinski definition) is 2. The van der Waals surface area contributed by atoms with Crippen LogP contribution in [0.5, 0.6) is 0 Å². The van der Waals surface area contributed by atoms with Crippen molar-refractivity contribution in [2.45, 2.75) is 6.61 Å². The average Bonchev–Trinajstić information content (AvgIpc) is 3.18. The van der Waals surface area contributed by atoms with Crippen molar-refractivity contribution in [1.29, 1.82) is 0 Å². The molecule has 0 saturated heterocycles. The van der Waals surface area contributed by atoms with Crippen molar-refractivity contribution < 1.29 is 14.3 Å². The molecule has 2 N–H and O–H groups in total. The molecule has 1 heterocycles. The van der Waals surface area contributed by atoms with Gasteiger partial charge in [0.1, 0.15) is 18.1 Å². The molecule has 3 aromatic carbocycles. The first kappa shape index (κ1) is 17.3. The van der Waals surface area contributed by atoms with Crippen molar-refractivity contribution in [2.75, 3.05) is 5.32 Å². The molecule has 4 aromatic rings. The van der Waals surface area contributed by atoms with Crippen LogP contribution in [0.15, 0.2) is 77.2 Å². The first-order valence-corrected chi connectivity index (χ1v) is 8.81. The van der Waals surface area contributed by atoms with Crippen molar-refractivity contribution in [1.82, 2.24) is 0 Å². The Kier molecular flexibility index (Phi) is 4.67. The Bertz CT molecular complexity index is 1130. The Hall–Kier alpha value is -3.08. The maximum absolute atomic E-state index is 12.7. The van der Waals surface area contributed by atoms with Gasteiger partial charge in [0.05, 0.1) is 10.7 Å². The Morgan fingerprint density at radius 1 is 0.963 bits per heavy atom. The monoisotopic (exact) mass is 377 g/mol. The zero-order valence-electron chi connectivity index (χ0n) is 14.3. The van der Waals surface area contributed by atoms with Crippen LogP contribution in [-0.4, -0.2) is 11.0 Å². The van der Waals surface area contributed by atoms with E-state index in [1.807, 2.05) is 36.4 Å². The number of benzene rings is 3. The van der Waals surface area contributed by atoms with Crippen molar-refractivity contribution in [3.63, 3.8) is 0 Å². The second-order valence-corrected chi connectivity index (χ2v) is 6.54. The van der Waals surface area contributed by atoms with Gasteiger partial charge in [0.2, 0.25) is 0 Å². The van der Waals surface area contributed by atoms with E-state index in [0.717, 1.165) is 16.3 Å². The van der Waals surface area contributed by atoms with E-state index in [1.165, 1.54) is 0 Å². The zero-order valence-corrected chi connectivity index (χ0v) is 15.0. The minimum Gasteiger partial charge on any atom is -0.459 e. The fourth-order valence-corrected chi connectivity index (χ4v) is 3.08. The maximum Gasteiger partial charge on any atom is 0.255 e. The number of amides is 1. The van der Waals surface area contributed by atoms with Crippen molar-refractivity contribution in [2.24, 2.45) is 0 Å². The van der Waals surface area contributed by atoms with Crippen LogP contribution in [0.4, 0.5) is 5.69 Å². The molecule has 0 saturated carbocycles. The van der Waals surface area contributed by atoms with Crippen LogP contribution in [-0.2, 0) is 6.61 Å². The summed E-state index contributed by atoms with van der Waals surface area (Å²) in [6.07, 6.45) is 0. The van der Waals surface area contributed by atoms with Gasteiger partial charge in [-0.25, -0.2) is 0 Å². The molecule has 134 valence electrons. The minimum atomic E-state index is -0.240. The molecule has 0 bridgehead atoms. The molecular weight excluding hydrogens is 362 g/mol. The topological polar surface area (TPSA) is 62.5 Å². The lowest BCUT2D eigenvalue weighted by molar-refractivity contribution is 0.102. The molecule has 0 aliphatic heterocycles. The Morgan fingerprint density at radius 3 is 2.56 bits per heavy atom. The van der Waals surface area contributed by atoms with E-state index < -0.39 is 0 Å². The number of furan rings is 1. The molecule has 1 aromatic heterocycles. The number of aliphatic hydroxyl groups excluding tert-OH is 1. The molecule has 0 radical (unpaired) electrons. The number of anilines is 1. The first-order chi connectivity index (χ1) is 13.1. The summed E-state index contributed by atoms with van der Waals surface area (Å²) in [4.78, 5) is 12.7. The predicted octanol–water partition coefficient (Wildman–Crippen LogP) is 5.50. The summed E-state index contributed by atoms with van der Waals surface area (Å²) in [5.41, 5.74) is 1.80. The van der Waals surface area contributed by atoms with Gasteiger partial charge in [-0.3, -0.25) is 4.79 Å². The number of hydrogen-bond acceptors (Lipinski definition) is 3. The van der Waals surface area contributed by atoms with Crippen LogP contribution in [0.3, 0.4) is 0 Å². The molecule has 4 nitrogen and oxygen atoms in total. The third kappa shape index (κ3) is 3.58. The lowest BCUT2D eigenvalue weighted by atomic mass is 10.1. The summed E-state index contributed by atoms with van der Waals surface area (Å²) in [6.45, 7) is -0.168. The van der Waals surface area contributed by atoms with Gasteiger partial charge in [0, 0.05) is 11.1 Å². The van der Waals surface area contributed by atoms with Crippen LogP contribution in [0.2, 0.25) is 5.02 Å². The largest absolute Gasteiger partial charge is 0.459 e. The molecule has 0 spiro atoms. The summed E-state index contributed by atoms with van der Waals surface area (Å²) in [7, 11) is 0. The minimum absolute atomic E-state index is 0.168. The lowest BCUT2D eigenvalue weighted by Gasteiger charge is -2.09. The number of aliphatic hydroxyl groups is 1. The average molecular weight is 378 g/mol. The van der Waals surface area contributed by atoms with Crippen LogP contribution in [0.25, 0.3) is 22.1 Å². The van der Waals surface area contributed by atoms with E-state index in [0.29, 0.717) is 27.8 Å². The standard InChI is InChI=1S/C22H16ClNO3/c23-19-9-7-16(21-10-8-18(13-25)27-21)12-20(19)24-22(26)17-6-5-14-3-1-2-4-15(14)11-17/h1-12,25H,13H2,(H,24,26). The number of nitrogens with one attached hydrogen (secondary N) is 1. The van der Waals surface area contributed by atoms with Crippen LogP contribution in [0.1, 0.15) is 16.1 Å². The van der Waals surface area contributed by atoms with Crippen molar-refractivity contribution in [3.8, 4) is 11.3 Å². The predicted molar refractivity (Wildman–Crippen MR) is 107 cm³/mol. The summed E-state index contributed by atoms with van der Waals surface area (Å²) in [5.74, 6) is 0.828. The SMILES string of the molecule is O=C(Nc1cc(-c2ccc(CO)o2)ccc1Cl)c1ccc2ccccc2c1. The van der Waals surface area contributed by atoms with Gasteiger partial charge >= 0.3 is 0 Å². The number of fused-ring (bicyclic) bond motifs is 1. The normalized spacial score (nSPS) is 10.9. The van der Waals surface area contributed by atoms with Crippen LogP contribution < -0.4 is 5.32 Å². The van der Waals surface area contributed by atoms with E-state index in [1.54, 1.807) is 36.4 Å². The highest BCUT2D eigenvalue weighted by Gasteiger charge is 2.12. The molecule has 4 rings (SSSR count). The summed E-state index contributed by atoms with van der Waals surface area (Å²) in [6, 6.07) is 22.2. The second kappa shape index (κ2) is 7.27. The van der Waals surface area contributed by atoms with Gasteiger partial charge in [-0.2, -0.15) is 0 Å². The number of halogens is 1. The molecule has 0 aliphatic rings. The van der Waals surface area contributed by atoms with Crippen LogP contribution in [0, 0.1) is 0 Å². The summed E-state index contributed by atoms with van der Waals surface area (Å²) < 4.78 is 5.55. The lowest BCUT2D eigenvalue weighted by Crippen LogP contribution is -2.12. The van der Waals surface area contributed by atoms with Gasteiger partial charge in [0.15, 0.2) is 0 Å². The second-order valence-electron chi connectivity index (χ2n) is 6.13. The number of carbonyl (C=O) groups is 1. The van der Waals surface area contributed by atoms with Crippen molar-refractivity contribution in [3.05, 3.63) is 89.1 Å². The zero-order chi connectivity index (χ0) is 18.8. The van der Waals surface area contributed by atoms with Crippen LogP contribution >= 0.6 is 11.6 Å². The Balaban J connectivity index is 1.62. The summed E-state index contributed by atoms with van der Waals surface area (Å²) >= 11 is 6.26. The highest BCUT2D eigenvalue weighted by atomic mass is 35.5. The van der Waals surface area contributed by atoms with E-state index in [2.05, 4.69) is 5.32 Å². The van der Waals surface area contributed by atoms with E-state index >= 15 is 0 Å². The molecule has 0 fully saturated rings. The van der Waals surface area contributed by atoms with Gasteiger partial charge in [-0.15, -0.1) is 0 Å². The smallest absolute Gasteiger partial charge is 0.255 e. The highest BCUT2D eigenvalue weighted by Crippen LogP contribution is 2.30.